The zero-order valence-electron chi connectivity index (χ0n) is 19.5. The number of anilines is 1. The van der Waals surface area contributed by atoms with Gasteiger partial charge in [-0.1, -0.05) is 6.92 Å². The Bertz CT molecular complexity index is 900. The molecule has 2 heterocycles. The van der Waals surface area contributed by atoms with Crippen molar-refractivity contribution < 1.29 is 17.9 Å². The van der Waals surface area contributed by atoms with Crippen molar-refractivity contribution in [3.63, 3.8) is 0 Å². The molecule has 7 nitrogen and oxygen atoms in total. The van der Waals surface area contributed by atoms with Crippen LogP contribution in [0.5, 0.6) is 0 Å². The number of rotatable bonds is 5. The molecule has 0 bridgehead atoms. The summed E-state index contributed by atoms with van der Waals surface area (Å²) in [5.41, 5.74) is 1.38. The van der Waals surface area contributed by atoms with Gasteiger partial charge < -0.3 is 14.5 Å². The molecule has 1 aromatic carbocycles. The standard InChI is InChI=1S/C24H37N3O4S/c1-19-6-8-20(9-7-19)25(2)24(28)22-18-21(32(29,30)27-14-16-31-17-15-27)10-11-23(22)26-12-4-3-5-13-26/h10-11,18-20H,3-9,12-17H2,1-2H3. The minimum absolute atomic E-state index is 0.0656. The molecule has 1 amide bonds. The second-order valence-electron chi connectivity index (χ2n) is 9.57. The SMILES string of the molecule is CC1CCC(N(C)C(=O)c2cc(S(=O)(=O)N3CCOCC3)ccc2N2CCCCC2)CC1. The average molecular weight is 464 g/mol. The molecule has 0 N–H and O–H groups in total. The zero-order valence-corrected chi connectivity index (χ0v) is 20.3. The third-order valence-corrected chi connectivity index (χ3v) is 9.25. The largest absolute Gasteiger partial charge is 0.379 e. The van der Waals surface area contributed by atoms with Crippen molar-refractivity contribution in [2.45, 2.75) is 62.8 Å². The first-order chi connectivity index (χ1) is 15.4. The van der Waals surface area contributed by atoms with Crippen LogP contribution in [0.25, 0.3) is 0 Å². The number of benzene rings is 1. The number of nitrogens with zero attached hydrogens (tertiary/aromatic N) is 3. The third kappa shape index (κ3) is 4.97. The number of hydrogen-bond acceptors (Lipinski definition) is 5. The molecule has 32 heavy (non-hydrogen) atoms. The Labute approximate surface area is 192 Å². The Morgan fingerprint density at radius 2 is 1.66 bits per heavy atom. The number of hydrogen-bond donors (Lipinski definition) is 0. The summed E-state index contributed by atoms with van der Waals surface area (Å²) in [6, 6.07) is 5.36. The van der Waals surface area contributed by atoms with Crippen LogP contribution in [0.15, 0.2) is 23.1 Å². The van der Waals surface area contributed by atoms with E-state index in [2.05, 4.69) is 11.8 Å². The van der Waals surface area contributed by atoms with Crippen molar-refractivity contribution in [1.82, 2.24) is 9.21 Å². The summed E-state index contributed by atoms with van der Waals surface area (Å²) in [5.74, 6) is 0.643. The van der Waals surface area contributed by atoms with Crippen LogP contribution < -0.4 is 4.90 Å². The lowest BCUT2D eigenvalue weighted by molar-refractivity contribution is 0.0679. The zero-order chi connectivity index (χ0) is 22.7. The van der Waals surface area contributed by atoms with Crippen LogP contribution in [-0.2, 0) is 14.8 Å². The number of piperidine rings is 1. The number of sulfonamides is 1. The maximum atomic E-state index is 13.7. The maximum Gasteiger partial charge on any atom is 0.255 e. The van der Waals surface area contributed by atoms with Crippen LogP contribution in [0.2, 0.25) is 0 Å². The van der Waals surface area contributed by atoms with Crippen molar-refractivity contribution in [3.8, 4) is 0 Å². The minimum atomic E-state index is -3.66. The monoisotopic (exact) mass is 463 g/mol. The first-order valence-electron chi connectivity index (χ1n) is 12.1. The molecule has 1 saturated carbocycles. The Balaban J connectivity index is 1.66. The van der Waals surface area contributed by atoms with E-state index in [-0.39, 0.29) is 16.8 Å². The van der Waals surface area contributed by atoms with E-state index >= 15 is 0 Å². The summed E-state index contributed by atoms with van der Waals surface area (Å²) in [7, 11) is -1.78. The summed E-state index contributed by atoms with van der Waals surface area (Å²) in [6.07, 6.45) is 7.67. The lowest BCUT2D eigenvalue weighted by Gasteiger charge is -2.36. The van der Waals surface area contributed by atoms with E-state index in [1.807, 2.05) is 18.0 Å². The predicted molar refractivity (Wildman–Crippen MR) is 126 cm³/mol. The highest BCUT2D eigenvalue weighted by molar-refractivity contribution is 7.89. The van der Waals surface area contributed by atoms with E-state index in [0.29, 0.717) is 37.8 Å². The van der Waals surface area contributed by atoms with Crippen LogP contribution >= 0.6 is 0 Å². The second-order valence-corrected chi connectivity index (χ2v) is 11.5. The molecule has 0 atom stereocenters. The highest BCUT2D eigenvalue weighted by atomic mass is 32.2. The smallest absolute Gasteiger partial charge is 0.255 e. The molecule has 8 heteroatoms. The summed E-state index contributed by atoms with van der Waals surface area (Å²) in [6.45, 7) is 5.58. The summed E-state index contributed by atoms with van der Waals surface area (Å²) in [4.78, 5) is 18.0. The Kier molecular flexibility index (Phi) is 7.42. The van der Waals surface area contributed by atoms with Gasteiger partial charge in [-0.05, 0) is 69.1 Å². The van der Waals surface area contributed by atoms with Gasteiger partial charge in [0.25, 0.3) is 5.91 Å². The molecule has 4 rings (SSSR count). The summed E-state index contributed by atoms with van der Waals surface area (Å²) in [5, 5.41) is 0. The van der Waals surface area contributed by atoms with E-state index < -0.39 is 10.0 Å². The molecule has 0 aromatic heterocycles. The van der Waals surface area contributed by atoms with Gasteiger partial charge in [0.2, 0.25) is 10.0 Å². The predicted octanol–water partition coefficient (Wildman–Crippen LogP) is 3.35. The molecule has 2 saturated heterocycles. The fraction of sp³-hybridized carbons (Fsp3) is 0.708. The third-order valence-electron chi connectivity index (χ3n) is 7.36. The molecule has 0 unspecified atom stereocenters. The average Bonchev–Trinajstić information content (AvgIpc) is 2.84. The minimum Gasteiger partial charge on any atom is -0.379 e. The van der Waals surface area contributed by atoms with Crippen molar-refractivity contribution in [1.29, 1.82) is 0 Å². The second kappa shape index (κ2) is 10.1. The maximum absolute atomic E-state index is 13.7. The number of carbonyl (C=O) groups is 1. The van der Waals surface area contributed by atoms with Crippen LogP contribution in [0.3, 0.4) is 0 Å². The molecule has 3 aliphatic rings. The highest BCUT2D eigenvalue weighted by Crippen LogP contribution is 2.32. The van der Waals surface area contributed by atoms with Gasteiger partial charge in [-0.3, -0.25) is 4.79 Å². The molecule has 0 radical (unpaired) electrons. The number of ether oxygens (including phenoxy) is 1. The molecule has 0 spiro atoms. The fourth-order valence-electron chi connectivity index (χ4n) is 5.18. The molecule has 2 aliphatic heterocycles. The fourth-order valence-corrected chi connectivity index (χ4v) is 6.61. The van der Waals surface area contributed by atoms with Crippen molar-refractivity contribution in [2.24, 2.45) is 5.92 Å². The van der Waals surface area contributed by atoms with Crippen LogP contribution in [-0.4, -0.2) is 76.0 Å². The Morgan fingerprint density at radius 1 is 1.00 bits per heavy atom. The van der Waals surface area contributed by atoms with E-state index in [0.717, 1.165) is 57.3 Å². The highest BCUT2D eigenvalue weighted by Gasteiger charge is 2.31. The molecule has 1 aromatic rings. The van der Waals surface area contributed by atoms with Gasteiger partial charge in [0.15, 0.2) is 0 Å². The van der Waals surface area contributed by atoms with E-state index in [4.69, 9.17) is 4.74 Å². The van der Waals surface area contributed by atoms with Gasteiger partial charge >= 0.3 is 0 Å². The van der Waals surface area contributed by atoms with Crippen molar-refractivity contribution in [3.05, 3.63) is 23.8 Å². The van der Waals surface area contributed by atoms with Crippen LogP contribution in [0, 0.1) is 5.92 Å². The summed E-state index contributed by atoms with van der Waals surface area (Å²) >= 11 is 0. The van der Waals surface area contributed by atoms with E-state index in [1.165, 1.54) is 10.7 Å². The Hall–Kier alpha value is -1.64. The van der Waals surface area contributed by atoms with Gasteiger partial charge in [-0.15, -0.1) is 0 Å². The van der Waals surface area contributed by atoms with Crippen LogP contribution in [0.1, 0.15) is 62.2 Å². The molecule has 1 aliphatic carbocycles. The van der Waals surface area contributed by atoms with Crippen LogP contribution in [0.4, 0.5) is 5.69 Å². The topological polar surface area (TPSA) is 70.2 Å². The van der Waals surface area contributed by atoms with Crippen molar-refractivity contribution in [2.75, 3.05) is 51.3 Å². The number of amides is 1. The molecule has 178 valence electrons. The summed E-state index contributed by atoms with van der Waals surface area (Å²) < 4.78 is 33.4. The van der Waals surface area contributed by atoms with Gasteiger partial charge in [0.1, 0.15) is 0 Å². The van der Waals surface area contributed by atoms with Gasteiger partial charge in [0.05, 0.1) is 23.7 Å². The first kappa shape index (κ1) is 23.5. The van der Waals surface area contributed by atoms with E-state index in [9.17, 15) is 13.2 Å². The van der Waals surface area contributed by atoms with Gasteiger partial charge in [-0.25, -0.2) is 8.42 Å². The number of morpholine rings is 1. The normalized spacial score (nSPS) is 25.5. The first-order valence-corrected chi connectivity index (χ1v) is 13.6. The quantitative estimate of drug-likeness (QED) is 0.670. The number of carbonyl (C=O) groups excluding carboxylic acids is 1. The molecular weight excluding hydrogens is 426 g/mol. The lowest BCUT2D eigenvalue weighted by atomic mass is 9.86. The van der Waals surface area contributed by atoms with Gasteiger partial charge in [-0.2, -0.15) is 4.31 Å². The molecule has 3 fully saturated rings. The van der Waals surface area contributed by atoms with E-state index in [1.54, 1.807) is 12.1 Å². The van der Waals surface area contributed by atoms with Gasteiger partial charge in [0, 0.05) is 45.0 Å². The lowest BCUT2D eigenvalue weighted by Crippen LogP contribution is -2.41. The Morgan fingerprint density at radius 3 is 2.31 bits per heavy atom. The molecular formula is C24H37N3O4S. The van der Waals surface area contributed by atoms with Crippen molar-refractivity contribution >= 4 is 21.6 Å².